The molecule has 0 aromatic carbocycles. The quantitative estimate of drug-likeness (QED) is 0.700. The number of hydrogen-bond acceptors (Lipinski definition) is 2. The number of likely N-dealkylation sites (tertiary alicyclic amines) is 1. The molecule has 2 heteroatoms. The molecule has 0 radical (unpaired) electrons. The second kappa shape index (κ2) is 6.41. The number of hydrogen-bond donors (Lipinski definition) is 1. The summed E-state index contributed by atoms with van der Waals surface area (Å²) in [6.07, 6.45) is 8.79. The lowest BCUT2D eigenvalue weighted by Crippen LogP contribution is -2.35. The van der Waals surface area contributed by atoms with Crippen molar-refractivity contribution < 1.29 is 5.11 Å². The van der Waals surface area contributed by atoms with Gasteiger partial charge in [0.15, 0.2) is 0 Å². The van der Waals surface area contributed by atoms with E-state index in [0.717, 1.165) is 19.1 Å². The molecular weight excluding hydrogens is 174 g/mol. The highest BCUT2D eigenvalue weighted by atomic mass is 16.2. The van der Waals surface area contributed by atoms with Crippen LogP contribution in [0.25, 0.3) is 0 Å². The summed E-state index contributed by atoms with van der Waals surface area (Å²) in [7, 11) is 1.00. The van der Waals surface area contributed by atoms with Crippen molar-refractivity contribution in [2.24, 2.45) is 5.92 Å². The Morgan fingerprint density at radius 3 is 1.93 bits per heavy atom. The first-order chi connectivity index (χ1) is 6.86. The highest BCUT2D eigenvalue weighted by Gasteiger charge is 2.25. The standard InChI is InChI=1S/C11H21N.CH4O/c1-10-4-6-11(7-5-10)12-8-2-3-9-12;1-2/h10-11H,2-9H2,1H3;2H,1H3. The minimum Gasteiger partial charge on any atom is -0.400 e. The number of aliphatic hydroxyl groups is 1. The zero-order valence-electron chi connectivity index (χ0n) is 9.71. The summed E-state index contributed by atoms with van der Waals surface area (Å²) in [6.45, 7) is 5.18. The van der Waals surface area contributed by atoms with Gasteiger partial charge in [-0.3, -0.25) is 0 Å². The van der Waals surface area contributed by atoms with Crippen LogP contribution in [0.4, 0.5) is 0 Å². The molecule has 1 saturated heterocycles. The lowest BCUT2D eigenvalue weighted by Gasteiger charge is -2.33. The van der Waals surface area contributed by atoms with E-state index in [1.165, 1.54) is 51.6 Å². The van der Waals surface area contributed by atoms with Crippen molar-refractivity contribution in [2.45, 2.75) is 51.5 Å². The predicted molar refractivity (Wildman–Crippen MR) is 60.4 cm³/mol. The van der Waals surface area contributed by atoms with E-state index < -0.39 is 0 Å². The Bertz CT molecular complexity index is 135. The maximum absolute atomic E-state index is 7.00. The third kappa shape index (κ3) is 3.25. The molecule has 0 atom stereocenters. The Balaban J connectivity index is 0.000000461. The zero-order chi connectivity index (χ0) is 10.4. The third-order valence-electron chi connectivity index (χ3n) is 3.64. The molecule has 1 heterocycles. The van der Waals surface area contributed by atoms with E-state index in [0.29, 0.717) is 0 Å². The number of rotatable bonds is 1. The molecule has 0 aromatic rings. The van der Waals surface area contributed by atoms with Crippen LogP contribution in [-0.2, 0) is 0 Å². The highest BCUT2D eigenvalue weighted by molar-refractivity contribution is 4.80. The maximum atomic E-state index is 7.00. The van der Waals surface area contributed by atoms with Gasteiger partial charge in [0, 0.05) is 13.2 Å². The van der Waals surface area contributed by atoms with Crippen molar-refractivity contribution >= 4 is 0 Å². The van der Waals surface area contributed by atoms with Gasteiger partial charge in [0.1, 0.15) is 0 Å². The van der Waals surface area contributed by atoms with Crippen LogP contribution in [0, 0.1) is 5.92 Å². The SMILES string of the molecule is CC1CCC(N2CCCC2)CC1.CO. The van der Waals surface area contributed by atoms with E-state index in [-0.39, 0.29) is 0 Å². The minimum atomic E-state index is 0.962. The van der Waals surface area contributed by atoms with E-state index in [1.807, 2.05) is 0 Å². The molecule has 1 aliphatic carbocycles. The Kier molecular flexibility index (Phi) is 5.49. The highest BCUT2D eigenvalue weighted by Crippen LogP contribution is 2.28. The molecule has 1 saturated carbocycles. The lowest BCUT2D eigenvalue weighted by atomic mass is 9.87. The van der Waals surface area contributed by atoms with Crippen molar-refractivity contribution in [2.75, 3.05) is 20.2 Å². The van der Waals surface area contributed by atoms with Gasteiger partial charge < -0.3 is 10.0 Å². The predicted octanol–water partition coefficient (Wildman–Crippen LogP) is 2.27. The van der Waals surface area contributed by atoms with Gasteiger partial charge in [-0.05, 0) is 57.5 Å². The summed E-state index contributed by atoms with van der Waals surface area (Å²) in [5, 5.41) is 7.00. The van der Waals surface area contributed by atoms with Gasteiger partial charge >= 0.3 is 0 Å². The molecule has 0 aromatic heterocycles. The van der Waals surface area contributed by atoms with Gasteiger partial charge in [-0.1, -0.05) is 6.92 Å². The van der Waals surface area contributed by atoms with Gasteiger partial charge in [0.2, 0.25) is 0 Å². The molecule has 0 bridgehead atoms. The van der Waals surface area contributed by atoms with E-state index in [9.17, 15) is 0 Å². The Labute approximate surface area is 88.3 Å². The summed E-state index contributed by atoms with van der Waals surface area (Å²) in [5.41, 5.74) is 0. The van der Waals surface area contributed by atoms with Crippen LogP contribution in [-0.4, -0.2) is 36.2 Å². The van der Waals surface area contributed by atoms with Crippen molar-refractivity contribution in [1.82, 2.24) is 4.90 Å². The van der Waals surface area contributed by atoms with Crippen LogP contribution >= 0.6 is 0 Å². The molecule has 1 N–H and O–H groups in total. The third-order valence-corrected chi connectivity index (χ3v) is 3.64. The van der Waals surface area contributed by atoms with Crippen LogP contribution in [0.3, 0.4) is 0 Å². The molecule has 2 nitrogen and oxygen atoms in total. The first-order valence-electron chi connectivity index (χ1n) is 6.05. The number of aliphatic hydroxyl groups excluding tert-OH is 1. The maximum Gasteiger partial charge on any atom is 0.0319 e. The molecule has 2 aliphatic rings. The first kappa shape index (κ1) is 12.0. The van der Waals surface area contributed by atoms with Gasteiger partial charge in [0.25, 0.3) is 0 Å². The van der Waals surface area contributed by atoms with E-state index >= 15 is 0 Å². The van der Waals surface area contributed by atoms with E-state index in [2.05, 4.69) is 11.8 Å². The first-order valence-corrected chi connectivity index (χ1v) is 6.05. The fourth-order valence-corrected chi connectivity index (χ4v) is 2.71. The zero-order valence-corrected chi connectivity index (χ0v) is 9.71. The summed E-state index contributed by atoms with van der Waals surface area (Å²) >= 11 is 0. The molecule has 0 spiro atoms. The van der Waals surface area contributed by atoms with Gasteiger partial charge in [-0.15, -0.1) is 0 Å². The van der Waals surface area contributed by atoms with E-state index in [1.54, 1.807) is 0 Å². The normalized spacial score (nSPS) is 33.6. The Morgan fingerprint density at radius 1 is 0.929 bits per heavy atom. The second-order valence-corrected chi connectivity index (χ2v) is 4.66. The van der Waals surface area contributed by atoms with Crippen molar-refractivity contribution in [3.63, 3.8) is 0 Å². The van der Waals surface area contributed by atoms with Crippen molar-refractivity contribution in [1.29, 1.82) is 0 Å². The van der Waals surface area contributed by atoms with Crippen LogP contribution in [0.15, 0.2) is 0 Å². The summed E-state index contributed by atoms with van der Waals surface area (Å²) < 4.78 is 0. The second-order valence-electron chi connectivity index (χ2n) is 4.66. The molecule has 84 valence electrons. The summed E-state index contributed by atoms with van der Waals surface area (Å²) in [4.78, 5) is 2.73. The van der Waals surface area contributed by atoms with Crippen LogP contribution in [0.2, 0.25) is 0 Å². The smallest absolute Gasteiger partial charge is 0.0319 e. The number of nitrogens with zero attached hydrogens (tertiary/aromatic N) is 1. The van der Waals surface area contributed by atoms with Crippen molar-refractivity contribution in [3.8, 4) is 0 Å². The van der Waals surface area contributed by atoms with Crippen LogP contribution < -0.4 is 0 Å². The van der Waals surface area contributed by atoms with Gasteiger partial charge in [-0.25, -0.2) is 0 Å². The van der Waals surface area contributed by atoms with Crippen molar-refractivity contribution in [3.05, 3.63) is 0 Å². The molecule has 1 aliphatic heterocycles. The van der Waals surface area contributed by atoms with Gasteiger partial charge in [0.05, 0.1) is 0 Å². The molecule has 0 unspecified atom stereocenters. The summed E-state index contributed by atoms with van der Waals surface area (Å²) in [5.74, 6) is 1.00. The van der Waals surface area contributed by atoms with Gasteiger partial charge in [-0.2, -0.15) is 0 Å². The molecular formula is C12H25NO. The molecule has 2 rings (SSSR count). The Morgan fingerprint density at radius 2 is 1.43 bits per heavy atom. The average Bonchev–Trinajstić information content (AvgIpc) is 2.75. The summed E-state index contributed by atoms with van der Waals surface area (Å²) in [6, 6.07) is 0.962. The topological polar surface area (TPSA) is 23.5 Å². The minimum absolute atomic E-state index is 0.962. The van der Waals surface area contributed by atoms with E-state index in [4.69, 9.17) is 5.11 Å². The Hall–Kier alpha value is -0.0800. The largest absolute Gasteiger partial charge is 0.400 e. The monoisotopic (exact) mass is 199 g/mol. The molecule has 14 heavy (non-hydrogen) atoms. The molecule has 2 fully saturated rings. The molecule has 0 amide bonds. The average molecular weight is 199 g/mol. The fourth-order valence-electron chi connectivity index (χ4n) is 2.71. The van der Waals surface area contributed by atoms with Crippen LogP contribution in [0.5, 0.6) is 0 Å². The van der Waals surface area contributed by atoms with Crippen LogP contribution in [0.1, 0.15) is 45.4 Å². The lowest BCUT2D eigenvalue weighted by molar-refractivity contribution is 0.169. The fraction of sp³-hybridized carbons (Fsp3) is 1.00.